The van der Waals surface area contributed by atoms with Gasteiger partial charge in [0.15, 0.2) is 5.16 Å². The van der Waals surface area contributed by atoms with Crippen molar-refractivity contribution in [3.8, 4) is 0 Å². The third-order valence-corrected chi connectivity index (χ3v) is 3.54. The zero-order valence-electron chi connectivity index (χ0n) is 10.4. The van der Waals surface area contributed by atoms with Gasteiger partial charge < -0.3 is 15.0 Å². The van der Waals surface area contributed by atoms with Crippen LogP contribution in [-0.4, -0.2) is 39.3 Å². The lowest BCUT2D eigenvalue weighted by Gasteiger charge is -2.09. The van der Waals surface area contributed by atoms with Gasteiger partial charge in [-0.3, -0.25) is 0 Å². The summed E-state index contributed by atoms with van der Waals surface area (Å²) < 4.78 is 2.04. The van der Waals surface area contributed by atoms with E-state index in [0.717, 1.165) is 16.7 Å². The summed E-state index contributed by atoms with van der Waals surface area (Å²) in [5.41, 5.74) is 0. The first-order chi connectivity index (χ1) is 8.22. The zero-order chi connectivity index (χ0) is 12.7. The standard InChI is InChI=1S/C11H20N4OS/c1-4-5-15-10(6-12-3)13-14-11(15)17-8-9(2)7-16/h4,9,12,16H,1,5-8H2,2-3H3/t9-/m0/s1. The van der Waals surface area contributed by atoms with Crippen LogP contribution in [0.5, 0.6) is 0 Å². The van der Waals surface area contributed by atoms with Crippen LogP contribution in [-0.2, 0) is 13.1 Å². The lowest BCUT2D eigenvalue weighted by molar-refractivity contribution is 0.250. The van der Waals surface area contributed by atoms with Gasteiger partial charge in [0.1, 0.15) is 5.82 Å². The number of aliphatic hydroxyl groups is 1. The molecule has 1 aromatic heterocycles. The number of aliphatic hydroxyl groups excluding tert-OH is 1. The second-order valence-corrected chi connectivity index (χ2v) is 4.91. The van der Waals surface area contributed by atoms with Crippen molar-refractivity contribution in [2.24, 2.45) is 5.92 Å². The third kappa shape index (κ3) is 4.14. The number of nitrogens with zero attached hydrogens (tertiary/aromatic N) is 3. The highest BCUT2D eigenvalue weighted by Gasteiger charge is 2.12. The molecule has 2 N–H and O–H groups in total. The number of hydrogen-bond donors (Lipinski definition) is 2. The summed E-state index contributed by atoms with van der Waals surface area (Å²) in [5.74, 6) is 2.01. The first kappa shape index (κ1) is 14.2. The van der Waals surface area contributed by atoms with Crippen LogP contribution in [0.4, 0.5) is 0 Å². The molecule has 0 bridgehead atoms. The molecule has 0 radical (unpaired) electrons. The molecule has 17 heavy (non-hydrogen) atoms. The van der Waals surface area contributed by atoms with Crippen LogP contribution < -0.4 is 5.32 Å². The maximum absolute atomic E-state index is 8.99. The minimum Gasteiger partial charge on any atom is -0.396 e. The quantitative estimate of drug-likeness (QED) is 0.534. The highest BCUT2D eigenvalue weighted by Crippen LogP contribution is 2.19. The Bertz CT molecular complexity index is 353. The number of allylic oxidation sites excluding steroid dienone is 1. The van der Waals surface area contributed by atoms with Gasteiger partial charge in [0.05, 0.1) is 6.54 Å². The van der Waals surface area contributed by atoms with Crippen LogP contribution in [0.15, 0.2) is 17.8 Å². The summed E-state index contributed by atoms with van der Waals surface area (Å²) in [4.78, 5) is 0. The van der Waals surface area contributed by atoms with E-state index in [4.69, 9.17) is 5.11 Å². The van der Waals surface area contributed by atoms with Crippen molar-refractivity contribution >= 4 is 11.8 Å². The van der Waals surface area contributed by atoms with E-state index in [-0.39, 0.29) is 12.5 Å². The fraction of sp³-hybridized carbons (Fsp3) is 0.636. The molecule has 1 rings (SSSR count). The first-order valence-electron chi connectivity index (χ1n) is 5.64. The first-order valence-corrected chi connectivity index (χ1v) is 6.62. The second-order valence-electron chi connectivity index (χ2n) is 3.93. The fourth-order valence-electron chi connectivity index (χ4n) is 1.30. The number of rotatable bonds is 8. The molecular weight excluding hydrogens is 236 g/mol. The normalized spacial score (nSPS) is 12.6. The molecular formula is C11H20N4OS. The van der Waals surface area contributed by atoms with Crippen molar-refractivity contribution in [2.75, 3.05) is 19.4 Å². The lowest BCUT2D eigenvalue weighted by atomic mass is 10.2. The van der Waals surface area contributed by atoms with E-state index in [2.05, 4.69) is 22.1 Å². The van der Waals surface area contributed by atoms with E-state index < -0.39 is 0 Å². The summed E-state index contributed by atoms with van der Waals surface area (Å²) in [7, 11) is 1.88. The van der Waals surface area contributed by atoms with Crippen LogP contribution >= 0.6 is 11.8 Å². The lowest BCUT2D eigenvalue weighted by Crippen LogP contribution is -2.13. The van der Waals surface area contributed by atoms with Crippen molar-refractivity contribution in [2.45, 2.75) is 25.2 Å². The van der Waals surface area contributed by atoms with Gasteiger partial charge in [0.2, 0.25) is 0 Å². The Kier molecular flexibility index (Phi) is 6.25. The van der Waals surface area contributed by atoms with Gasteiger partial charge in [0.25, 0.3) is 0 Å². The van der Waals surface area contributed by atoms with Gasteiger partial charge in [-0.1, -0.05) is 24.8 Å². The molecule has 1 aromatic rings. The molecule has 0 saturated carbocycles. The molecule has 0 unspecified atom stereocenters. The van der Waals surface area contributed by atoms with Crippen molar-refractivity contribution in [3.63, 3.8) is 0 Å². The van der Waals surface area contributed by atoms with Crippen molar-refractivity contribution in [1.29, 1.82) is 0 Å². The Morgan fingerprint density at radius 1 is 1.59 bits per heavy atom. The maximum Gasteiger partial charge on any atom is 0.191 e. The molecule has 96 valence electrons. The number of thioether (sulfide) groups is 1. The summed E-state index contributed by atoms with van der Waals surface area (Å²) in [6.45, 7) is 7.35. The van der Waals surface area contributed by atoms with Crippen molar-refractivity contribution < 1.29 is 5.11 Å². The predicted molar refractivity (Wildman–Crippen MR) is 70.0 cm³/mol. The summed E-state index contributed by atoms with van der Waals surface area (Å²) in [6, 6.07) is 0. The number of aromatic nitrogens is 3. The fourth-order valence-corrected chi connectivity index (χ4v) is 2.27. The molecule has 1 atom stereocenters. The highest BCUT2D eigenvalue weighted by atomic mass is 32.2. The minimum atomic E-state index is 0.200. The maximum atomic E-state index is 8.99. The summed E-state index contributed by atoms with van der Waals surface area (Å²) in [6.07, 6.45) is 1.84. The van der Waals surface area contributed by atoms with Crippen molar-refractivity contribution in [1.82, 2.24) is 20.1 Å². The molecule has 1 heterocycles. The SMILES string of the molecule is C=CCn1c(CNC)nnc1SC[C@@H](C)CO. The molecule has 0 aromatic carbocycles. The van der Waals surface area contributed by atoms with Crippen LogP contribution in [0.3, 0.4) is 0 Å². The summed E-state index contributed by atoms with van der Waals surface area (Å²) >= 11 is 1.62. The van der Waals surface area contributed by atoms with Gasteiger partial charge >= 0.3 is 0 Å². The average Bonchev–Trinajstić information content (AvgIpc) is 2.70. The van der Waals surface area contributed by atoms with E-state index >= 15 is 0 Å². The van der Waals surface area contributed by atoms with Crippen LogP contribution in [0.2, 0.25) is 0 Å². The van der Waals surface area contributed by atoms with Crippen LogP contribution in [0.25, 0.3) is 0 Å². The Morgan fingerprint density at radius 2 is 2.35 bits per heavy atom. The van der Waals surface area contributed by atoms with Gasteiger partial charge in [-0.2, -0.15) is 0 Å². The van der Waals surface area contributed by atoms with Gasteiger partial charge in [-0.05, 0) is 13.0 Å². The largest absolute Gasteiger partial charge is 0.396 e. The second kappa shape index (κ2) is 7.47. The molecule has 0 fully saturated rings. The minimum absolute atomic E-state index is 0.200. The molecule has 0 aliphatic carbocycles. The van der Waals surface area contributed by atoms with Crippen LogP contribution in [0, 0.1) is 5.92 Å². The molecule has 0 amide bonds. The van der Waals surface area contributed by atoms with Crippen molar-refractivity contribution in [3.05, 3.63) is 18.5 Å². The zero-order valence-corrected chi connectivity index (χ0v) is 11.2. The Morgan fingerprint density at radius 3 is 2.94 bits per heavy atom. The van der Waals surface area contributed by atoms with Crippen LogP contribution in [0.1, 0.15) is 12.7 Å². The summed E-state index contributed by atoms with van der Waals surface area (Å²) in [5, 5.41) is 21.3. The smallest absolute Gasteiger partial charge is 0.191 e. The monoisotopic (exact) mass is 256 g/mol. The molecule has 0 saturated heterocycles. The molecule has 0 aliphatic heterocycles. The van der Waals surface area contributed by atoms with E-state index in [1.54, 1.807) is 11.8 Å². The van der Waals surface area contributed by atoms with E-state index in [1.807, 2.05) is 24.6 Å². The molecule has 0 spiro atoms. The Labute approximate surface area is 106 Å². The highest BCUT2D eigenvalue weighted by molar-refractivity contribution is 7.99. The Balaban J connectivity index is 2.72. The average molecular weight is 256 g/mol. The molecule has 6 heteroatoms. The number of hydrogen-bond acceptors (Lipinski definition) is 5. The number of nitrogens with one attached hydrogen (secondary N) is 1. The third-order valence-electron chi connectivity index (χ3n) is 2.25. The van der Waals surface area contributed by atoms with E-state index in [9.17, 15) is 0 Å². The predicted octanol–water partition coefficient (Wildman–Crippen LogP) is 0.904. The topological polar surface area (TPSA) is 63.0 Å². The Hall–Kier alpha value is -0.850. The molecule has 5 nitrogen and oxygen atoms in total. The van der Waals surface area contributed by atoms with E-state index in [1.165, 1.54) is 0 Å². The van der Waals surface area contributed by atoms with Gasteiger partial charge in [0, 0.05) is 18.9 Å². The molecule has 0 aliphatic rings. The van der Waals surface area contributed by atoms with Gasteiger partial charge in [-0.25, -0.2) is 0 Å². The van der Waals surface area contributed by atoms with Gasteiger partial charge in [-0.15, -0.1) is 16.8 Å². The van der Waals surface area contributed by atoms with E-state index in [0.29, 0.717) is 13.1 Å².